The van der Waals surface area contributed by atoms with Crippen LogP contribution < -0.4 is 4.74 Å². The number of carbonyl (C=O) groups excluding carboxylic acids is 2. The zero-order valence-electron chi connectivity index (χ0n) is 30.6. The quantitative estimate of drug-likeness (QED) is 0.0422. The summed E-state index contributed by atoms with van der Waals surface area (Å²) in [5.74, 6) is 2.71. The summed E-state index contributed by atoms with van der Waals surface area (Å²) >= 11 is 0. The van der Waals surface area contributed by atoms with Crippen LogP contribution in [0.25, 0.3) is 0 Å². The fourth-order valence-corrected chi connectivity index (χ4v) is 4.26. The van der Waals surface area contributed by atoms with E-state index in [0.29, 0.717) is 90.8 Å². The van der Waals surface area contributed by atoms with Gasteiger partial charge in [0, 0.05) is 31.7 Å². The van der Waals surface area contributed by atoms with Gasteiger partial charge in [0.2, 0.25) is 0 Å². The van der Waals surface area contributed by atoms with Crippen LogP contribution in [-0.4, -0.2) is 68.1 Å². The summed E-state index contributed by atoms with van der Waals surface area (Å²) in [6.07, 6.45) is 1.65. The predicted octanol–water partition coefficient (Wildman–Crippen LogP) is 4.21. The lowest BCUT2D eigenvalue weighted by Gasteiger charge is -1.99. The summed E-state index contributed by atoms with van der Waals surface area (Å²) in [5.41, 5.74) is 0. The number of aliphatic hydroxyl groups is 3. The number of carbonyl (C=O) groups is 5. The minimum absolute atomic E-state index is 0.00591. The molecule has 0 aromatic carbocycles. The van der Waals surface area contributed by atoms with Crippen LogP contribution in [0.5, 0.6) is 5.95 Å². The van der Waals surface area contributed by atoms with Crippen molar-refractivity contribution < 1.29 is 90.9 Å². The zero-order chi connectivity index (χ0) is 41.8. The van der Waals surface area contributed by atoms with Gasteiger partial charge in [-0.05, 0) is 54.6 Å². The molecule has 0 aliphatic rings. The van der Waals surface area contributed by atoms with Crippen LogP contribution in [-0.2, 0) is 92.2 Å². The third kappa shape index (κ3) is 20.7. The van der Waals surface area contributed by atoms with Crippen molar-refractivity contribution in [3.63, 3.8) is 0 Å². The van der Waals surface area contributed by atoms with Crippen LogP contribution >= 0.6 is 0 Å². The van der Waals surface area contributed by atoms with E-state index in [1.54, 1.807) is 54.6 Å². The highest BCUT2D eigenvalue weighted by molar-refractivity contribution is 5.67. The van der Waals surface area contributed by atoms with Crippen LogP contribution in [0.3, 0.4) is 0 Å². The Morgan fingerprint density at radius 2 is 0.825 bits per heavy atom. The number of rotatable bonds is 22. The number of hydrogen-bond donors (Lipinski definition) is 6. The molecule has 5 rings (SSSR count). The second-order valence-corrected chi connectivity index (χ2v) is 11.3. The Bertz CT molecular complexity index is 1850. The first kappa shape index (κ1) is 46.7. The number of ether oxygens (including phenoxy) is 3. The Hall–Kier alpha value is -6.41. The molecule has 57 heavy (non-hydrogen) atoms. The third-order valence-electron chi connectivity index (χ3n) is 6.92. The molecule has 5 heterocycles. The lowest BCUT2D eigenvalue weighted by Crippen LogP contribution is -1.96. The lowest BCUT2D eigenvalue weighted by molar-refractivity contribution is -0.138. The Kier molecular flexibility index (Phi) is 22.3. The second kappa shape index (κ2) is 27.2. The van der Waals surface area contributed by atoms with Crippen molar-refractivity contribution in [1.29, 1.82) is 0 Å². The second-order valence-electron chi connectivity index (χ2n) is 11.3. The summed E-state index contributed by atoms with van der Waals surface area (Å²) in [5, 5.41) is 51.4. The molecule has 0 spiro atoms. The lowest BCUT2D eigenvalue weighted by atomic mass is 10.2. The standard InChI is InChI=1S/C12H14O5.C10H12O5.C8H8O5.C8H10O4/c13-5-9-1-3-11(16-9)7-15-8-12-4-2-10(6-14)17-12;11-7-14-6-5-9-2-1-8(15-9)3-4-10(12)13;9-5-12-8-4-2-6(13-8)1-3-7(10)11;9-5-7-2-1-6(12-7)3-4-8(10)11/h1-4,13-14H,5-8H2;1-2,7H,3-6H2,(H,12,13);2,4-5H,1,3H2,(H,10,11);1-2,9H,3-5H2,(H,10,11). The summed E-state index contributed by atoms with van der Waals surface area (Å²) in [7, 11) is 0. The molecule has 19 heteroatoms. The van der Waals surface area contributed by atoms with Crippen molar-refractivity contribution in [3.05, 3.63) is 113 Å². The molecule has 0 saturated heterocycles. The SMILES string of the molecule is O=C(O)CCc1ccc(CO)o1.O=COCCc1ccc(CCC(=O)O)o1.O=COc1ccc(CCC(=O)O)o1.OCc1ccc(COCc2ccc(CO)o2)o1. The van der Waals surface area contributed by atoms with Crippen molar-refractivity contribution in [3.8, 4) is 5.95 Å². The number of furan rings is 5. The molecule has 0 aliphatic carbocycles. The van der Waals surface area contributed by atoms with Crippen LogP contribution in [0.1, 0.15) is 71.1 Å². The van der Waals surface area contributed by atoms with Crippen molar-refractivity contribution in [1.82, 2.24) is 0 Å². The van der Waals surface area contributed by atoms with Crippen LogP contribution in [0.2, 0.25) is 0 Å². The van der Waals surface area contributed by atoms with E-state index >= 15 is 0 Å². The summed E-state index contributed by atoms with van der Waals surface area (Å²) in [6, 6.07) is 16.8. The molecule has 5 aromatic rings. The smallest absolute Gasteiger partial charge is 0.303 e. The van der Waals surface area contributed by atoms with Gasteiger partial charge in [-0.3, -0.25) is 24.0 Å². The van der Waals surface area contributed by atoms with Gasteiger partial charge in [0.25, 0.3) is 12.4 Å². The molecule has 5 aromatic heterocycles. The number of carboxylic acid groups (broad SMARTS) is 3. The average Bonchev–Trinajstić information content (AvgIpc) is 4.05. The van der Waals surface area contributed by atoms with Crippen molar-refractivity contribution in [2.45, 2.75) is 78.0 Å². The van der Waals surface area contributed by atoms with Gasteiger partial charge in [0.05, 0.1) is 25.9 Å². The Morgan fingerprint density at radius 1 is 0.474 bits per heavy atom. The molecule has 6 N–H and O–H groups in total. The van der Waals surface area contributed by atoms with Gasteiger partial charge in [-0.2, -0.15) is 0 Å². The van der Waals surface area contributed by atoms with Crippen LogP contribution in [0.4, 0.5) is 0 Å². The van der Waals surface area contributed by atoms with Gasteiger partial charge in [-0.25, -0.2) is 0 Å². The van der Waals surface area contributed by atoms with Crippen molar-refractivity contribution >= 4 is 30.9 Å². The van der Waals surface area contributed by atoms with E-state index < -0.39 is 17.9 Å². The number of carboxylic acids is 3. The Labute approximate surface area is 324 Å². The van der Waals surface area contributed by atoms with E-state index in [-0.39, 0.29) is 64.5 Å². The average molecular weight is 805 g/mol. The van der Waals surface area contributed by atoms with E-state index in [4.69, 9.17) is 57.5 Å². The van der Waals surface area contributed by atoms with Crippen LogP contribution in [0, 0.1) is 0 Å². The van der Waals surface area contributed by atoms with E-state index in [2.05, 4.69) is 9.47 Å². The first-order chi connectivity index (χ1) is 27.5. The summed E-state index contributed by atoms with van der Waals surface area (Å²) < 4.78 is 40.1. The summed E-state index contributed by atoms with van der Waals surface area (Å²) in [6.45, 7) is 1.16. The van der Waals surface area contributed by atoms with E-state index in [0.717, 1.165) is 0 Å². The molecule has 0 bridgehead atoms. The molecule has 0 atom stereocenters. The summed E-state index contributed by atoms with van der Waals surface area (Å²) in [4.78, 5) is 50.4. The molecule has 0 fully saturated rings. The molecule has 0 saturated carbocycles. The topological polar surface area (TPSA) is 300 Å². The minimum Gasteiger partial charge on any atom is -0.481 e. The van der Waals surface area contributed by atoms with Gasteiger partial charge < -0.3 is 66.9 Å². The van der Waals surface area contributed by atoms with E-state index in [1.807, 2.05) is 0 Å². The maximum absolute atomic E-state index is 10.3. The zero-order valence-corrected chi connectivity index (χ0v) is 30.6. The number of aryl methyl sites for hydroxylation is 3. The monoisotopic (exact) mass is 804 g/mol. The largest absolute Gasteiger partial charge is 0.481 e. The highest BCUT2D eigenvalue weighted by Gasteiger charge is 2.07. The third-order valence-corrected chi connectivity index (χ3v) is 6.92. The maximum Gasteiger partial charge on any atom is 0.303 e. The van der Waals surface area contributed by atoms with Crippen molar-refractivity contribution in [2.75, 3.05) is 6.61 Å². The Morgan fingerprint density at radius 3 is 1.21 bits per heavy atom. The predicted molar refractivity (Wildman–Crippen MR) is 190 cm³/mol. The first-order valence-corrected chi connectivity index (χ1v) is 17.1. The van der Waals surface area contributed by atoms with Gasteiger partial charge in [-0.1, -0.05) is 0 Å². The fraction of sp³-hybridized carbons (Fsp3) is 0.342. The minimum atomic E-state index is -0.894. The molecule has 310 valence electrons. The Balaban J connectivity index is 0.000000265. The normalized spacial score (nSPS) is 10.2. The fourth-order valence-electron chi connectivity index (χ4n) is 4.26. The van der Waals surface area contributed by atoms with Gasteiger partial charge in [0.1, 0.15) is 84.9 Å². The van der Waals surface area contributed by atoms with E-state index in [9.17, 15) is 24.0 Å². The highest BCUT2D eigenvalue weighted by Crippen LogP contribution is 2.17. The number of hydrogen-bond acceptors (Lipinski definition) is 16. The molecule has 0 amide bonds. The maximum atomic E-state index is 10.3. The highest BCUT2D eigenvalue weighted by atomic mass is 16.6. The molecule has 0 unspecified atom stereocenters. The molecule has 0 aliphatic heterocycles. The van der Waals surface area contributed by atoms with E-state index in [1.165, 1.54) is 6.07 Å². The van der Waals surface area contributed by atoms with Crippen LogP contribution in [0.15, 0.2) is 82.7 Å². The number of aliphatic carboxylic acids is 3. The van der Waals surface area contributed by atoms with Gasteiger partial charge >= 0.3 is 24.4 Å². The molecule has 0 radical (unpaired) electrons. The van der Waals surface area contributed by atoms with Gasteiger partial charge in [-0.15, -0.1) is 0 Å². The van der Waals surface area contributed by atoms with Crippen molar-refractivity contribution in [2.24, 2.45) is 0 Å². The molecule has 19 nitrogen and oxygen atoms in total. The number of aliphatic hydroxyl groups excluding tert-OH is 3. The molecular weight excluding hydrogens is 760 g/mol. The first-order valence-electron chi connectivity index (χ1n) is 17.1. The van der Waals surface area contributed by atoms with Gasteiger partial charge in [0.15, 0.2) is 0 Å². The molecular formula is C38H44O19.